The van der Waals surface area contributed by atoms with Crippen molar-refractivity contribution in [2.75, 3.05) is 5.32 Å². The van der Waals surface area contributed by atoms with E-state index < -0.39 is 5.91 Å². The molecule has 1 rings (SSSR count). The quantitative estimate of drug-likeness (QED) is 0.817. The lowest BCUT2D eigenvalue weighted by atomic mass is 10.1. The van der Waals surface area contributed by atoms with Crippen molar-refractivity contribution in [2.45, 2.75) is 39.2 Å². The van der Waals surface area contributed by atoms with Gasteiger partial charge >= 0.3 is 0 Å². The molecule has 1 aromatic rings. The van der Waals surface area contributed by atoms with Crippen LogP contribution in [0.25, 0.3) is 0 Å². The molecule has 94 valence electrons. The molecule has 0 heterocycles. The van der Waals surface area contributed by atoms with Crippen LogP contribution in [0.2, 0.25) is 5.02 Å². The number of hydrogen-bond acceptors (Lipinski definition) is 2. The highest BCUT2D eigenvalue weighted by atomic mass is 35.5. The van der Waals surface area contributed by atoms with Crippen molar-refractivity contribution in [1.29, 1.82) is 0 Å². The molecule has 1 aromatic carbocycles. The molecule has 17 heavy (non-hydrogen) atoms. The maximum Gasteiger partial charge on any atom is 0.250 e. The summed E-state index contributed by atoms with van der Waals surface area (Å²) in [5.41, 5.74) is 6.47. The van der Waals surface area contributed by atoms with E-state index in [0.29, 0.717) is 16.6 Å². The van der Waals surface area contributed by atoms with E-state index in [1.165, 1.54) is 12.8 Å². The molecule has 0 aromatic heterocycles. The normalized spacial score (nSPS) is 12.2. The van der Waals surface area contributed by atoms with Crippen LogP contribution in [0.1, 0.15) is 43.5 Å². The molecule has 3 N–H and O–H groups in total. The molecule has 0 fully saturated rings. The molecule has 0 aliphatic carbocycles. The van der Waals surface area contributed by atoms with Gasteiger partial charge in [0, 0.05) is 11.7 Å². The highest BCUT2D eigenvalue weighted by Crippen LogP contribution is 2.21. The number of benzene rings is 1. The van der Waals surface area contributed by atoms with E-state index in [1.807, 2.05) is 6.07 Å². The number of unbranched alkanes of at least 4 members (excludes halogenated alkanes) is 1. The first-order valence-corrected chi connectivity index (χ1v) is 6.28. The van der Waals surface area contributed by atoms with E-state index in [-0.39, 0.29) is 0 Å². The van der Waals surface area contributed by atoms with Gasteiger partial charge in [0.1, 0.15) is 0 Å². The summed E-state index contributed by atoms with van der Waals surface area (Å²) >= 11 is 5.97. The number of carbonyl (C=O) groups is 1. The minimum atomic E-state index is -0.499. The molecule has 0 radical (unpaired) electrons. The van der Waals surface area contributed by atoms with Gasteiger partial charge in [-0.05, 0) is 31.5 Å². The SMILES string of the molecule is CCCCC(C)Nc1ccc(C(N)=O)c(Cl)c1. The summed E-state index contributed by atoms with van der Waals surface area (Å²) in [6.45, 7) is 4.30. The molecular formula is C13H19ClN2O. The molecule has 1 unspecified atom stereocenters. The predicted molar refractivity (Wildman–Crippen MR) is 72.6 cm³/mol. The number of amides is 1. The summed E-state index contributed by atoms with van der Waals surface area (Å²) in [6.07, 6.45) is 3.50. The van der Waals surface area contributed by atoms with Crippen LogP contribution in [0.5, 0.6) is 0 Å². The molecular weight excluding hydrogens is 236 g/mol. The second-order valence-electron chi connectivity index (χ2n) is 4.25. The zero-order chi connectivity index (χ0) is 12.8. The molecule has 0 saturated heterocycles. The minimum Gasteiger partial charge on any atom is -0.383 e. The van der Waals surface area contributed by atoms with E-state index in [4.69, 9.17) is 17.3 Å². The van der Waals surface area contributed by atoms with E-state index >= 15 is 0 Å². The number of carbonyl (C=O) groups excluding carboxylic acids is 1. The number of hydrogen-bond donors (Lipinski definition) is 2. The monoisotopic (exact) mass is 254 g/mol. The van der Waals surface area contributed by atoms with Crippen LogP contribution in [-0.4, -0.2) is 11.9 Å². The summed E-state index contributed by atoms with van der Waals surface area (Å²) in [4.78, 5) is 11.0. The fourth-order valence-corrected chi connectivity index (χ4v) is 1.95. The second-order valence-corrected chi connectivity index (χ2v) is 4.65. The van der Waals surface area contributed by atoms with Gasteiger partial charge < -0.3 is 11.1 Å². The van der Waals surface area contributed by atoms with Gasteiger partial charge in [-0.3, -0.25) is 4.79 Å². The number of halogens is 1. The lowest BCUT2D eigenvalue weighted by Crippen LogP contribution is -2.15. The van der Waals surface area contributed by atoms with Gasteiger partial charge in [-0.25, -0.2) is 0 Å². The largest absolute Gasteiger partial charge is 0.383 e. The summed E-state index contributed by atoms with van der Waals surface area (Å²) in [5.74, 6) is -0.499. The number of anilines is 1. The van der Waals surface area contributed by atoms with Crippen molar-refractivity contribution in [1.82, 2.24) is 0 Å². The van der Waals surface area contributed by atoms with Gasteiger partial charge in [0.2, 0.25) is 5.91 Å². The Labute approximate surface area is 107 Å². The molecule has 1 amide bonds. The maximum absolute atomic E-state index is 11.0. The van der Waals surface area contributed by atoms with Crippen LogP contribution in [0.15, 0.2) is 18.2 Å². The van der Waals surface area contributed by atoms with E-state index in [0.717, 1.165) is 12.1 Å². The van der Waals surface area contributed by atoms with Crippen LogP contribution < -0.4 is 11.1 Å². The summed E-state index contributed by atoms with van der Waals surface area (Å²) in [6, 6.07) is 5.61. The highest BCUT2D eigenvalue weighted by Gasteiger charge is 2.08. The Kier molecular flexibility index (Phi) is 5.29. The van der Waals surface area contributed by atoms with Gasteiger partial charge in [0.05, 0.1) is 10.6 Å². The van der Waals surface area contributed by atoms with Crippen molar-refractivity contribution in [3.63, 3.8) is 0 Å². The average Bonchev–Trinajstić information content (AvgIpc) is 2.26. The van der Waals surface area contributed by atoms with Crippen molar-refractivity contribution in [3.05, 3.63) is 28.8 Å². The first-order valence-electron chi connectivity index (χ1n) is 5.90. The fourth-order valence-electron chi connectivity index (χ4n) is 1.67. The predicted octanol–water partition coefficient (Wildman–Crippen LogP) is 3.43. The second kappa shape index (κ2) is 6.50. The van der Waals surface area contributed by atoms with E-state index in [1.54, 1.807) is 12.1 Å². The Morgan fingerprint density at radius 3 is 2.76 bits per heavy atom. The van der Waals surface area contributed by atoms with Crippen LogP contribution in [0, 0.1) is 0 Å². The third kappa shape index (κ3) is 4.27. The molecule has 0 spiro atoms. The maximum atomic E-state index is 11.0. The Morgan fingerprint density at radius 1 is 1.53 bits per heavy atom. The lowest BCUT2D eigenvalue weighted by molar-refractivity contribution is 0.100. The van der Waals surface area contributed by atoms with Gasteiger partial charge in [0.25, 0.3) is 0 Å². The Morgan fingerprint density at radius 2 is 2.24 bits per heavy atom. The highest BCUT2D eigenvalue weighted by molar-refractivity contribution is 6.34. The summed E-state index contributed by atoms with van der Waals surface area (Å²) in [7, 11) is 0. The van der Waals surface area contributed by atoms with Crippen LogP contribution >= 0.6 is 11.6 Å². The third-order valence-electron chi connectivity index (χ3n) is 2.64. The van der Waals surface area contributed by atoms with E-state index in [9.17, 15) is 4.79 Å². The molecule has 3 nitrogen and oxygen atoms in total. The number of nitrogens with two attached hydrogens (primary N) is 1. The average molecular weight is 255 g/mol. The Balaban J connectivity index is 2.67. The first kappa shape index (κ1) is 13.8. The number of rotatable bonds is 6. The molecule has 0 bridgehead atoms. The van der Waals surface area contributed by atoms with Crippen molar-refractivity contribution in [2.24, 2.45) is 5.73 Å². The van der Waals surface area contributed by atoms with Crippen molar-refractivity contribution < 1.29 is 4.79 Å². The lowest BCUT2D eigenvalue weighted by Gasteiger charge is -2.15. The Hall–Kier alpha value is -1.22. The van der Waals surface area contributed by atoms with Crippen LogP contribution in [0.4, 0.5) is 5.69 Å². The topological polar surface area (TPSA) is 55.1 Å². The van der Waals surface area contributed by atoms with Crippen molar-refractivity contribution in [3.8, 4) is 0 Å². The number of nitrogens with one attached hydrogen (secondary N) is 1. The smallest absolute Gasteiger partial charge is 0.250 e. The van der Waals surface area contributed by atoms with Gasteiger partial charge in [-0.15, -0.1) is 0 Å². The van der Waals surface area contributed by atoms with Gasteiger partial charge in [0.15, 0.2) is 0 Å². The Bertz CT molecular complexity index is 393. The summed E-state index contributed by atoms with van der Waals surface area (Å²) < 4.78 is 0. The first-order chi connectivity index (χ1) is 8.04. The molecule has 0 aliphatic rings. The third-order valence-corrected chi connectivity index (χ3v) is 2.95. The zero-order valence-corrected chi connectivity index (χ0v) is 11.1. The molecule has 0 aliphatic heterocycles. The van der Waals surface area contributed by atoms with Crippen LogP contribution in [0.3, 0.4) is 0 Å². The summed E-state index contributed by atoms with van der Waals surface area (Å²) in [5, 5.41) is 3.74. The molecule has 0 saturated carbocycles. The van der Waals surface area contributed by atoms with Crippen molar-refractivity contribution >= 4 is 23.2 Å². The number of primary amides is 1. The van der Waals surface area contributed by atoms with Gasteiger partial charge in [-0.1, -0.05) is 31.4 Å². The van der Waals surface area contributed by atoms with Crippen LogP contribution in [-0.2, 0) is 0 Å². The fraction of sp³-hybridized carbons (Fsp3) is 0.462. The zero-order valence-electron chi connectivity index (χ0n) is 10.3. The van der Waals surface area contributed by atoms with E-state index in [2.05, 4.69) is 19.2 Å². The minimum absolute atomic E-state index is 0.360. The molecule has 4 heteroatoms. The van der Waals surface area contributed by atoms with Gasteiger partial charge in [-0.2, -0.15) is 0 Å². The standard InChI is InChI=1S/C13H19ClN2O/c1-3-4-5-9(2)16-10-6-7-11(13(15)17)12(14)8-10/h6-9,16H,3-5H2,1-2H3,(H2,15,17). The molecule has 1 atom stereocenters.